The van der Waals surface area contributed by atoms with Gasteiger partial charge < -0.3 is 5.11 Å². The number of rotatable bonds is 3. The SMILES string of the molecule is CC1CCCC(c2ncc(C(=O)O)c(C3CC3)n2)C1. The number of carboxylic acids is 1. The van der Waals surface area contributed by atoms with Crippen molar-refractivity contribution >= 4 is 5.97 Å². The van der Waals surface area contributed by atoms with Crippen LogP contribution in [0.25, 0.3) is 0 Å². The second-order valence-electron chi connectivity index (χ2n) is 6.08. The summed E-state index contributed by atoms with van der Waals surface area (Å²) < 4.78 is 0. The summed E-state index contributed by atoms with van der Waals surface area (Å²) in [5.41, 5.74) is 1.07. The third-order valence-corrected chi connectivity index (χ3v) is 4.33. The first-order chi connectivity index (χ1) is 9.15. The molecule has 2 atom stereocenters. The molecular weight excluding hydrogens is 240 g/mol. The van der Waals surface area contributed by atoms with Gasteiger partial charge in [0, 0.05) is 18.0 Å². The van der Waals surface area contributed by atoms with Crippen LogP contribution < -0.4 is 0 Å². The van der Waals surface area contributed by atoms with Crippen LogP contribution in [0.5, 0.6) is 0 Å². The van der Waals surface area contributed by atoms with Crippen molar-refractivity contribution in [1.29, 1.82) is 0 Å². The van der Waals surface area contributed by atoms with E-state index in [4.69, 9.17) is 0 Å². The lowest BCUT2D eigenvalue weighted by Gasteiger charge is -2.25. The summed E-state index contributed by atoms with van der Waals surface area (Å²) in [7, 11) is 0. The Morgan fingerprint density at radius 3 is 2.68 bits per heavy atom. The van der Waals surface area contributed by atoms with Gasteiger partial charge in [-0.3, -0.25) is 0 Å². The van der Waals surface area contributed by atoms with Crippen molar-refractivity contribution in [2.24, 2.45) is 5.92 Å². The molecule has 3 rings (SSSR count). The average molecular weight is 260 g/mol. The van der Waals surface area contributed by atoms with E-state index in [-0.39, 0.29) is 0 Å². The molecule has 1 N–H and O–H groups in total. The smallest absolute Gasteiger partial charge is 0.339 e. The van der Waals surface area contributed by atoms with Gasteiger partial charge in [0.2, 0.25) is 0 Å². The molecule has 102 valence electrons. The van der Waals surface area contributed by atoms with Crippen molar-refractivity contribution < 1.29 is 9.90 Å². The lowest BCUT2D eigenvalue weighted by Crippen LogP contribution is -2.16. The van der Waals surface area contributed by atoms with Gasteiger partial charge in [-0.2, -0.15) is 0 Å². The average Bonchev–Trinajstić information content (AvgIpc) is 3.22. The third kappa shape index (κ3) is 2.62. The topological polar surface area (TPSA) is 63.1 Å². The molecule has 1 aromatic rings. The van der Waals surface area contributed by atoms with E-state index < -0.39 is 5.97 Å². The van der Waals surface area contributed by atoms with Gasteiger partial charge in [-0.15, -0.1) is 0 Å². The zero-order valence-electron chi connectivity index (χ0n) is 11.3. The highest BCUT2D eigenvalue weighted by molar-refractivity contribution is 5.88. The number of hydrogen-bond donors (Lipinski definition) is 1. The van der Waals surface area contributed by atoms with E-state index in [2.05, 4.69) is 16.9 Å². The molecule has 0 spiro atoms. The van der Waals surface area contributed by atoms with Gasteiger partial charge in [-0.05, 0) is 31.6 Å². The van der Waals surface area contributed by atoms with Crippen LogP contribution in [0.4, 0.5) is 0 Å². The highest BCUT2D eigenvalue weighted by atomic mass is 16.4. The number of aromatic nitrogens is 2. The van der Waals surface area contributed by atoms with Crippen molar-refractivity contribution in [3.63, 3.8) is 0 Å². The van der Waals surface area contributed by atoms with E-state index in [1.165, 1.54) is 19.0 Å². The van der Waals surface area contributed by atoms with E-state index >= 15 is 0 Å². The van der Waals surface area contributed by atoms with Crippen LogP contribution in [0.3, 0.4) is 0 Å². The fourth-order valence-electron chi connectivity index (χ4n) is 3.11. The Kier molecular flexibility index (Phi) is 3.25. The van der Waals surface area contributed by atoms with Crippen molar-refractivity contribution in [1.82, 2.24) is 9.97 Å². The minimum atomic E-state index is -0.898. The Balaban J connectivity index is 1.90. The number of nitrogens with zero attached hydrogens (tertiary/aromatic N) is 2. The predicted molar refractivity (Wildman–Crippen MR) is 71.3 cm³/mol. The van der Waals surface area contributed by atoms with Gasteiger partial charge >= 0.3 is 5.97 Å². The van der Waals surface area contributed by atoms with Crippen LogP contribution >= 0.6 is 0 Å². The maximum atomic E-state index is 11.2. The number of aromatic carboxylic acids is 1. The van der Waals surface area contributed by atoms with Crippen molar-refractivity contribution in [3.8, 4) is 0 Å². The maximum Gasteiger partial charge on any atom is 0.339 e. The van der Waals surface area contributed by atoms with E-state index in [1.807, 2.05) is 0 Å². The fraction of sp³-hybridized carbons (Fsp3) is 0.667. The Morgan fingerprint density at radius 2 is 2.05 bits per heavy atom. The maximum absolute atomic E-state index is 11.2. The van der Waals surface area contributed by atoms with Gasteiger partial charge in [0.1, 0.15) is 5.82 Å². The minimum Gasteiger partial charge on any atom is -0.478 e. The van der Waals surface area contributed by atoms with E-state index in [0.29, 0.717) is 17.4 Å². The molecule has 1 aromatic heterocycles. The first-order valence-corrected chi connectivity index (χ1v) is 7.25. The van der Waals surface area contributed by atoms with Gasteiger partial charge in [0.25, 0.3) is 0 Å². The molecule has 0 saturated heterocycles. The monoisotopic (exact) mass is 260 g/mol. The molecule has 2 fully saturated rings. The lowest BCUT2D eigenvalue weighted by molar-refractivity contribution is 0.0694. The molecule has 4 nitrogen and oxygen atoms in total. The highest BCUT2D eigenvalue weighted by Gasteiger charge is 2.32. The summed E-state index contributed by atoms with van der Waals surface area (Å²) in [6.07, 6.45) is 8.46. The van der Waals surface area contributed by atoms with Crippen LogP contribution in [0.15, 0.2) is 6.20 Å². The number of carbonyl (C=O) groups is 1. The summed E-state index contributed by atoms with van der Waals surface area (Å²) in [6.45, 7) is 2.28. The summed E-state index contributed by atoms with van der Waals surface area (Å²) in [4.78, 5) is 20.2. The zero-order valence-corrected chi connectivity index (χ0v) is 11.3. The van der Waals surface area contributed by atoms with Crippen LogP contribution in [0.2, 0.25) is 0 Å². The van der Waals surface area contributed by atoms with E-state index in [0.717, 1.165) is 43.1 Å². The van der Waals surface area contributed by atoms with Crippen LogP contribution in [0.1, 0.15) is 79.2 Å². The Morgan fingerprint density at radius 1 is 1.26 bits per heavy atom. The molecule has 0 aliphatic heterocycles. The Labute approximate surface area is 113 Å². The molecule has 4 heteroatoms. The van der Waals surface area contributed by atoms with Crippen molar-refractivity contribution in [3.05, 3.63) is 23.3 Å². The summed E-state index contributed by atoms with van der Waals surface area (Å²) in [5.74, 6) is 1.48. The molecule has 2 saturated carbocycles. The summed E-state index contributed by atoms with van der Waals surface area (Å²) >= 11 is 0. The first-order valence-electron chi connectivity index (χ1n) is 7.25. The highest BCUT2D eigenvalue weighted by Crippen LogP contribution is 2.41. The first kappa shape index (κ1) is 12.6. The quantitative estimate of drug-likeness (QED) is 0.905. The van der Waals surface area contributed by atoms with Gasteiger partial charge in [-0.1, -0.05) is 19.8 Å². The molecule has 1 heterocycles. The molecule has 2 aliphatic rings. The molecule has 0 bridgehead atoms. The minimum absolute atomic E-state index is 0.301. The standard InChI is InChI=1S/C15H20N2O2/c1-9-3-2-4-11(7-9)14-16-8-12(15(18)19)13(17-14)10-5-6-10/h8-11H,2-7H2,1H3,(H,18,19). The molecule has 0 aromatic carbocycles. The zero-order chi connectivity index (χ0) is 13.4. The van der Waals surface area contributed by atoms with Crippen molar-refractivity contribution in [2.45, 2.75) is 57.3 Å². The second kappa shape index (κ2) is 4.91. The number of carboxylic acid groups (broad SMARTS) is 1. The molecule has 2 unspecified atom stereocenters. The molecular formula is C15H20N2O2. The normalized spacial score (nSPS) is 27.2. The van der Waals surface area contributed by atoms with Crippen molar-refractivity contribution in [2.75, 3.05) is 0 Å². The Hall–Kier alpha value is -1.45. The third-order valence-electron chi connectivity index (χ3n) is 4.33. The second-order valence-corrected chi connectivity index (χ2v) is 6.08. The van der Waals surface area contributed by atoms with Gasteiger partial charge in [-0.25, -0.2) is 14.8 Å². The van der Waals surface area contributed by atoms with Gasteiger partial charge in [0.05, 0.1) is 11.3 Å². The van der Waals surface area contributed by atoms with Crippen LogP contribution in [0, 0.1) is 5.92 Å². The lowest BCUT2D eigenvalue weighted by atomic mass is 9.82. The predicted octanol–water partition coefficient (Wildman–Crippen LogP) is 3.35. The van der Waals surface area contributed by atoms with Gasteiger partial charge in [0.15, 0.2) is 0 Å². The summed E-state index contributed by atoms with van der Waals surface area (Å²) in [6, 6.07) is 0. The Bertz CT molecular complexity index is 497. The summed E-state index contributed by atoms with van der Waals surface area (Å²) in [5, 5.41) is 9.21. The van der Waals surface area contributed by atoms with E-state index in [9.17, 15) is 9.90 Å². The molecule has 2 aliphatic carbocycles. The molecule has 0 amide bonds. The van der Waals surface area contributed by atoms with Crippen LogP contribution in [-0.4, -0.2) is 21.0 Å². The molecule has 19 heavy (non-hydrogen) atoms. The number of hydrogen-bond acceptors (Lipinski definition) is 3. The molecule has 0 radical (unpaired) electrons. The fourth-order valence-corrected chi connectivity index (χ4v) is 3.11. The van der Waals surface area contributed by atoms with Crippen LogP contribution in [-0.2, 0) is 0 Å². The van der Waals surface area contributed by atoms with E-state index in [1.54, 1.807) is 0 Å². The largest absolute Gasteiger partial charge is 0.478 e.